The van der Waals surface area contributed by atoms with Crippen molar-refractivity contribution in [2.75, 3.05) is 18.6 Å². The lowest BCUT2D eigenvalue weighted by atomic mass is 10.0. The quantitative estimate of drug-likeness (QED) is 0.135. The second-order valence-electron chi connectivity index (χ2n) is 11.2. The lowest BCUT2D eigenvalue weighted by Gasteiger charge is -2.18. The van der Waals surface area contributed by atoms with E-state index in [2.05, 4.69) is 6.92 Å². The highest BCUT2D eigenvalue weighted by molar-refractivity contribution is 5.95. The van der Waals surface area contributed by atoms with Crippen LogP contribution >= 0.6 is 0 Å². The Labute approximate surface area is 247 Å². The van der Waals surface area contributed by atoms with Crippen LogP contribution in [0.3, 0.4) is 0 Å². The number of ether oxygens (including phenoxy) is 1. The van der Waals surface area contributed by atoms with Crippen molar-refractivity contribution in [3.63, 3.8) is 0 Å². The minimum absolute atomic E-state index is 0.170. The summed E-state index contributed by atoms with van der Waals surface area (Å²) in [5.41, 5.74) is 0.927. The zero-order valence-corrected chi connectivity index (χ0v) is 25.5. The number of carbonyl (C=O) groups is 2. The molecule has 0 fully saturated rings. The van der Waals surface area contributed by atoms with Gasteiger partial charge in [0.15, 0.2) is 0 Å². The van der Waals surface area contributed by atoms with E-state index in [1.54, 1.807) is 7.05 Å². The number of anilines is 1. The number of carbonyl (C=O) groups excluding carboxylic acids is 1. The highest BCUT2D eigenvalue weighted by Crippen LogP contribution is 2.20. The molecule has 0 aliphatic rings. The second kappa shape index (κ2) is 20.9. The molecule has 0 saturated heterocycles. The number of amides is 1. The summed E-state index contributed by atoms with van der Waals surface area (Å²) in [6, 6.07) is 11.5. The Morgan fingerprint density at radius 1 is 0.756 bits per heavy atom. The van der Waals surface area contributed by atoms with E-state index in [9.17, 15) is 14.0 Å². The number of hydrogen-bond acceptors (Lipinski definition) is 3. The first-order valence-electron chi connectivity index (χ1n) is 15.9. The van der Waals surface area contributed by atoms with Crippen molar-refractivity contribution >= 4 is 17.6 Å². The highest BCUT2D eigenvalue weighted by atomic mass is 19.1. The van der Waals surface area contributed by atoms with Gasteiger partial charge in [0.2, 0.25) is 5.91 Å². The fourth-order valence-electron chi connectivity index (χ4n) is 5.04. The summed E-state index contributed by atoms with van der Waals surface area (Å²) in [5.74, 6) is -1.51. The molecular formula is C35H52FNO4. The van der Waals surface area contributed by atoms with Gasteiger partial charge in [-0.2, -0.15) is 0 Å². The van der Waals surface area contributed by atoms with Crippen LogP contribution in [0.25, 0.3) is 0 Å². The Morgan fingerprint density at radius 2 is 1.27 bits per heavy atom. The standard InChI is InChI=1S/C35H52FNO4/c1-3-4-5-6-7-8-9-10-11-12-13-14-15-16-17-18-27-41-31-23-19-29(20-24-31)21-26-34(38)37(2)30-22-25-33(36)32(28-30)35(39)40/h19-20,22-25,28H,3-18,21,26-27H2,1-2H3,(H,39,40). The molecule has 41 heavy (non-hydrogen) atoms. The molecule has 0 aliphatic heterocycles. The normalized spacial score (nSPS) is 11.0. The monoisotopic (exact) mass is 569 g/mol. The molecule has 0 unspecified atom stereocenters. The summed E-state index contributed by atoms with van der Waals surface area (Å²) in [4.78, 5) is 25.1. The van der Waals surface area contributed by atoms with Crippen molar-refractivity contribution < 1.29 is 23.8 Å². The third-order valence-corrected chi connectivity index (χ3v) is 7.76. The first-order chi connectivity index (χ1) is 19.9. The molecule has 6 heteroatoms. The molecule has 5 nitrogen and oxygen atoms in total. The number of carboxylic acid groups (broad SMARTS) is 1. The van der Waals surface area contributed by atoms with Crippen LogP contribution in [-0.2, 0) is 11.2 Å². The number of unbranched alkanes of at least 4 members (excludes halogenated alkanes) is 15. The first-order valence-corrected chi connectivity index (χ1v) is 15.9. The largest absolute Gasteiger partial charge is 0.494 e. The number of nitrogens with zero attached hydrogens (tertiary/aromatic N) is 1. The number of aryl methyl sites for hydroxylation is 1. The highest BCUT2D eigenvalue weighted by Gasteiger charge is 2.16. The minimum Gasteiger partial charge on any atom is -0.494 e. The van der Waals surface area contributed by atoms with Crippen LogP contribution in [-0.4, -0.2) is 30.6 Å². The summed E-state index contributed by atoms with van der Waals surface area (Å²) < 4.78 is 19.5. The Morgan fingerprint density at radius 3 is 1.78 bits per heavy atom. The van der Waals surface area contributed by atoms with Crippen molar-refractivity contribution in [1.29, 1.82) is 0 Å². The summed E-state index contributed by atoms with van der Waals surface area (Å²) in [7, 11) is 1.57. The van der Waals surface area contributed by atoms with Gasteiger partial charge in [0.1, 0.15) is 11.6 Å². The number of benzene rings is 2. The molecule has 0 bridgehead atoms. The summed E-state index contributed by atoms with van der Waals surface area (Å²) in [5, 5.41) is 9.11. The van der Waals surface area contributed by atoms with E-state index in [4.69, 9.17) is 9.84 Å². The first kappa shape index (κ1) is 34.3. The fraction of sp³-hybridized carbons (Fsp3) is 0.600. The van der Waals surface area contributed by atoms with Crippen molar-refractivity contribution in [3.8, 4) is 5.75 Å². The van der Waals surface area contributed by atoms with Gasteiger partial charge in [0, 0.05) is 19.2 Å². The topological polar surface area (TPSA) is 66.8 Å². The third-order valence-electron chi connectivity index (χ3n) is 7.76. The molecule has 0 saturated carbocycles. The van der Waals surface area contributed by atoms with Gasteiger partial charge in [-0.1, -0.05) is 115 Å². The van der Waals surface area contributed by atoms with Crippen LogP contribution < -0.4 is 9.64 Å². The van der Waals surface area contributed by atoms with E-state index in [1.165, 1.54) is 113 Å². The summed E-state index contributed by atoms with van der Waals surface area (Å²) in [6.07, 6.45) is 22.5. The second-order valence-corrected chi connectivity index (χ2v) is 11.2. The molecular weight excluding hydrogens is 517 g/mol. The zero-order chi connectivity index (χ0) is 29.7. The Kier molecular flexibility index (Phi) is 17.5. The van der Waals surface area contributed by atoms with Crippen LogP contribution in [0.4, 0.5) is 10.1 Å². The third kappa shape index (κ3) is 14.5. The van der Waals surface area contributed by atoms with Gasteiger partial charge >= 0.3 is 5.97 Å². The SMILES string of the molecule is CCCCCCCCCCCCCCCCCCOc1ccc(CCC(=O)N(C)c2ccc(F)c(C(=O)O)c2)cc1. The lowest BCUT2D eigenvalue weighted by molar-refractivity contribution is -0.118. The Bertz CT molecular complexity index is 1010. The summed E-state index contributed by atoms with van der Waals surface area (Å²) >= 11 is 0. The Balaban J connectivity index is 1.49. The molecule has 0 aromatic heterocycles. The smallest absolute Gasteiger partial charge is 0.338 e. The Hall–Kier alpha value is -2.89. The molecule has 1 amide bonds. The van der Waals surface area contributed by atoms with Crippen LogP contribution in [0.1, 0.15) is 132 Å². The van der Waals surface area contributed by atoms with Crippen molar-refractivity contribution in [2.45, 2.75) is 122 Å². The van der Waals surface area contributed by atoms with Gasteiger partial charge < -0.3 is 14.7 Å². The molecule has 0 spiro atoms. The predicted molar refractivity (Wildman–Crippen MR) is 167 cm³/mol. The maximum absolute atomic E-state index is 13.6. The molecule has 1 N–H and O–H groups in total. The van der Waals surface area contributed by atoms with Crippen LogP contribution in [0.5, 0.6) is 5.75 Å². The maximum atomic E-state index is 13.6. The fourth-order valence-corrected chi connectivity index (χ4v) is 5.04. The van der Waals surface area contributed by atoms with Crippen molar-refractivity contribution in [3.05, 3.63) is 59.4 Å². The van der Waals surface area contributed by atoms with Gasteiger partial charge in [0.25, 0.3) is 0 Å². The number of halogens is 1. The molecule has 0 heterocycles. The van der Waals surface area contributed by atoms with E-state index < -0.39 is 17.3 Å². The summed E-state index contributed by atoms with van der Waals surface area (Å²) in [6.45, 7) is 2.99. The average Bonchev–Trinajstić information content (AvgIpc) is 2.97. The van der Waals surface area contributed by atoms with Gasteiger partial charge in [-0.3, -0.25) is 4.79 Å². The van der Waals surface area contributed by atoms with Gasteiger partial charge in [-0.15, -0.1) is 0 Å². The van der Waals surface area contributed by atoms with E-state index in [-0.39, 0.29) is 12.3 Å². The minimum atomic E-state index is -1.36. The molecule has 0 radical (unpaired) electrons. The van der Waals surface area contributed by atoms with Crippen molar-refractivity contribution in [1.82, 2.24) is 0 Å². The molecule has 228 valence electrons. The van der Waals surface area contributed by atoms with E-state index in [1.807, 2.05) is 24.3 Å². The lowest BCUT2D eigenvalue weighted by Crippen LogP contribution is -2.26. The van der Waals surface area contributed by atoms with E-state index >= 15 is 0 Å². The van der Waals surface area contributed by atoms with Crippen LogP contribution in [0.15, 0.2) is 42.5 Å². The number of rotatable bonds is 23. The average molecular weight is 570 g/mol. The van der Waals surface area contributed by atoms with E-state index in [0.717, 1.165) is 30.4 Å². The number of aromatic carboxylic acids is 1. The molecule has 0 atom stereocenters. The van der Waals surface area contributed by atoms with Crippen LogP contribution in [0.2, 0.25) is 0 Å². The van der Waals surface area contributed by atoms with Crippen molar-refractivity contribution in [2.24, 2.45) is 0 Å². The van der Waals surface area contributed by atoms with Gasteiger partial charge in [-0.25, -0.2) is 9.18 Å². The maximum Gasteiger partial charge on any atom is 0.338 e. The predicted octanol–water partition coefficient (Wildman–Crippen LogP) is 9.76. The van der Waals surface area contributed by atoms with Gasteiger partial charge in [0.05, 0.1) is 12.2 Å². The molecule has 0 aliphatic carbocycles. The van der Waals surface area contributed by atoms with E-state index in [0.29, 0.717) is 12.1 Å². The number of carboxylic acids is 1. The molecule has 2 aromatic carbocycles. The zero-order valence-electron chi connectivity index (χ0n) is 25.5. The van der Waals surface area contributed by atoms with Gasteiger partial charge in [-0.05, 0) is 48.7 Å². The number of hydrogen-bond donors (Lipinski definition) is 1. The molecule has 2 rings (SSSR count). The molecule has 2 aromatic rings. The van der Waals surface area contributed by atoms with Crippen LogP contribution in [0, 0.1) is 5.82 Å².